The van der Waals surface area contributed by atoms with Gasteiger partial charge in [-0.1, -0.05) is 12.1 Å². The molecule has 7 heteroatoms. The first-order chi connectivity index (χ1) is 9.97. The summed E-state index contributed by atoms with van der Waals surface area (Å²) >= 11 is 5.49. The second kappa shape index (κ2) is 6.05. The highest BCUT2D eigenvalue weighted by atomic mass is 35.5. The van der Waals surface area contributed by atoms with Gasteiger partial charge < -0.3 is 4.74 Å². The molecule has 2 amide bonds. The van der Waals surface area contributed by atoms with E-state index in [0.717, 1.165) is 4.90 Å². The summed E-state index contributed by atoms with van der Waals surface area (Å²) in [6, 6.07) is 5.08. The molecule has 0 bridgehead atoms. The number of hydrogen-bond acceptors (Lipinski definition) is 5. The van der Waals surface area contributed by atoms with Crippen LogP contribution in [0.4, 0.5) is 0 Å². The van der Waals surface area contributed by atoms with Gasteiger partial charge in [0.25, 0.3) is 11.8 Å². The quantitative estimate of drug-likeness (QED) is 0.466. The third kappa shape index (κ3) is 2.80. The highest BCUT2D eigenvalue weighted by molar-refractivity contribution is 6.65. The van der Waals surface area contributed by atoms with Crippen molar-refractivity contribution >= 4 is 34.6 Å². The average Bonchev–Trinajstić information content (AvgIpc) is 2.72. The van der Waals surface area contributed by atoms with Gasteiger partial charge in [-0.05, 0) is 30.2 Å². The number of amides is 2. The minimum Gasteiger partial charge on any atom is -0.469 e. The minimum atomic E-state index is -1.18. The van der Waals surface area contributed by atoms with Crippen LogP contribution in [-0.4, -0.2) is 41.1 Å². The molecule has 1 unspecified atom stereocenters. The third-order valence-electron chi connectivity index (χ3n) is 3.25. The van der Waals surface area contributed by atoms with E-state index in [1.807, 2.05) is 0 Å². The van der Waals surface area contributed by atoms with E-state index in [2.05, 4.69) is 4.74 Å². The number of hydrogen-bond donors (Lipinski definition) is 0. The molecule has 0 N–H and O–H groups in total. The number of nitrogens with zero attached hydrogens (tertiary/aromatic N) is 1. The van der Waals surface area contributed by atoms with E-state index in [4.69, 9.17) is 11.6 Å². The molecule has 110 valence electrons. The van der Waals surface area contributed by atoms with Crippen molar-refractivity contribution in [3.05, 3.63) is 35.4 Å². The van der Waals surface area contributed by atoms with Gasteiger partial charge in [0.15, 0.2) is 0 Å². The second-order valence-corrected chi connectivity index (χ2v) is 4.83. The van der Waals surface area contributed by atoms with Crippen LogP contribution < -0.4 is 0 Å². The predicted octanol–water partition coefficient (Wildman–Crippen LogP) is 1.37. The van der Waals surface area contributed by atoms with Crippen molar-refractivity contribution in [2.75, 3.05) is 7.11 Å². The SMILES string of the molecule is COC(=O)CCC(C(=O)Cl)N1C(=O)c2ccccc2C1=O. The van der Waals surface area contributed by atoms with E-state index in [1.165, 1.54) is 19.2 Å². The van der Waals surface area contributed by atoms with E-state index in [0.29, 0.717) is 0 Å². The lowest BCUT2D eigenvalue weighted by molar-refractivity contribution is -0.141. The van der Waals surface area contributed by atoms with Gasteiger partial charge in [-0.2, -0.15) is 0 Å². The average molecular weight is 310 g/mol. The van der Waals surface area contributed by atoms with Gasteiger partial charge >= 0.3 is 5.97 Å². The van der Waals surface area contributed by atoms with Crippen LogP contribution in [-0.2, 0) is 14.3 Å². The van der Waals surface area contributed by atoms with Crippen LogP contribution in [0.5, 0.6) is 0 Å². The van der Waals surface area contributed by atoms with Gasteiger partial charge in [0.05, 0.1) is 18.2 Å². The summed E-state index contributed by atoms with van der Waals surface area (Å²) in [7, 11) is 1.21. The molecule has 0 spiro atoms. The van der Waals surface area contributed by atoms with Crippen molar-refractivity contribution in [1.29, 1.82) is 0 Å². The first-order valence-electron chi connectivity index (χ1n) is 6.20. The molecule has 0 aliphatic carbocycles. The maximum Gasteiger partial charge on any atom is 0.305 e. The van der Waals surface area contributed by atoms with Gasteiger partial charge in [0.2, 0.25) is 5.24 Å². The van der Waals surface area contributed by atoms with Crippen LogP contribution in [0.1, 0.15) is 33.6 Å². The zero-order valence-corrected chi connectivity index (χ0v) is 11.9. The molecule has 1 aliphatic heterocycles. The van der Waals surface area contributed by atoms with Gasteiger partial charge in [-0.3, -0.25) is 24.1 Å². The number of fused-ring (bicyclic) bond motifs is 1. The van der Waals surface area contributed by atoms with Crippen LogP contribution in [0.2, 0.25) is 0 Å². The molecule has 0 saturated carbocycles. The number of methoxy groups -OCH3 is 1. The van der Waals surface area contributed by atoms with Gasteiger partial charge in [0, 0.05) is 6.42 Å². The van der Waals surface area contributed by atoms with Gasteiger partial charge in [0.1, 0.15) is 6.04 Å². The Bertz CT molecular complexity index is 593. The number of rotatable bonds is 5. The molecule has 0 saturated heterocycles. The van der Waals surface area contributed by atoms with Crippen molar-refractivity contribution in [3.8, 4) is 0 Å². The normalized spacial score (nSPS) is 14.9. The summed E-state index contributed by atoms with van der Waals surface area (Å²) < 4.78 is 4.48. The molecule has 1 aromatic carbocycles. The summed E-state index contributed by atoms with van der Waals surface area (Å²) in [5.74, 6) is -1.71. The van der Waals surface area contributed by atoms with Gasteiger partial charge in [-0.15, -0.1) is 0 Å². The molecule has 1 heterocycles. The van der Waals surface area contributed by atoms with Crippen LogP contribution in [0.3, 0.4) is 0 Å². The van der Waals surface area contributed by atoms with E-state index in [9.17, 15) is 19.2 Å². The van der Waals surface area contributed by atoms with Crippen LogP contribution >= 0.6 is 11.6 Å². The fourth-order valence-corrected chi connectivity index (χ4v) is 2.40. The molecule has 1 aromatic rings. The third-order valence-corrected chi connectivity index (χ3v) is 3.50. The minimum absolute atomic E-state index is 0.0690. The maximum atomic E-state index is 12.2. The number of ether oxygens (including phenoxy) is 1. The Morgan fingerprint density at radius 3 is 2.14 bits per heavy atom. The molecule has 1 aliphatic rings. The zero-order valence-electron chi connectivity index (χ0n) is 11.2. The Morgan fingerprint density at radius 1 is 1.19 bits per heavy atom. The van der Waals surface area contributed by atoms with Crippen molar-refractivity contribution in [1.82, 2.24) is 4.90 Å². The topological polar surface area (TPSA) is 80.8 Å². The smallest absolute Gasteiger partial charge is 0.305 e. The standard InChI is InChI=1S/C14H12ClNO5/c1-21-11(17)7-6-10(12(15)18)16-13(19)8-4-2-3-5-9(8)14(16)20/h2-5,10H,6-7H2,1H3. The number of esters is 1. The fraction of sp³-hybridized carbons (Fsp3) is 0.286. The van der Waals surface area contributed by atoms with Crippen LogP contribution in [0.25, 0.3) is 0 Å². The molecule has 0 aromatic heterocycles. The van der Waals surface area contributed by atoms with E-state index < -0.39 is 29.1 Å². The zero-order chi connectivity index (χ0) is 15.6. The first-order valence-corrected chi connectivity index (χ1v) is 6.58. The lowest BCUT2D eigenvalue weighted by Gasteiger charge is -2.22. The predicted molar refractivity (Wildman–Crippen MR) is 72.8 cm³/mol. The number of halogens is 1. The highest BCUT2D eigenvalue weighted by Crippen LogP contribution is 2.26. The molecule has 2 rings (SSSR count). The fourth-order valence-electron chi connectivity index (χ4n) is 2.19. The summed E-state index contributed by atoms with van der Waals surface area (Å²) in [6.45, 7) is 0. The van der Waals surface area contributed by atoms with Gasteiger partial charge in [-0.25, -0.2) is 0 Å². The number of imide groups is 1. The maximum absolute atomic E-state index is 12.2. The summed E-state index contributed by atoms with van der Waals surface area (Å²) in [5.41, 5.74) is 0.451. The molecular formula is C14H12ClNO5. The lowest BCUT2D eigenvalue weighted by Crippen LogP contribution is -2.43. The number of benzene rings is 1. The van der Waals surface area contributed by atoms with Crippen molar-refractivity contribution < 1.29 is 23.9 Å². The Kier molecular flexibility index (Phi) is 4.37. The van der Waals surface area contributed by atoms with E-state index >= 15 is 0 Å². The lowest BCUT2D eigenvalue weighted by atomic mass is 10.1. The molecular weight excluding hydrogens is 298 g/mol. The molecule has 1 atom stereocenters. The Morgan fingerprint density at radius 2 is 1.71 bits per heavy atom. The summed E-state index contributed by atoms with van der Waals surface area (Å²) in [5, 5.41) is -0.867. The first kappa shape index (κ1) is 15.2. The van der Waals surface area contributed by atoms with Crippen LogP contribution in [0, 0.1) is 0 Å². The molecule has 0 radical (unpaired) electrons. The Labute approximate surface area is 125 Å². The number of carbonyl (C=O) groups is 4. The highest BCUT2D eigenvalue weighted by Gasteiger charge is 2.42. The largest absolute Gasteiger partial charge is 0.469 e. The van der Waals surface area contributed by atoms with Crippen LogP contribution in [0.15, 0.2) is 24.3 Å². The summed E-state index contributed by atoms with van der Waals surface area (Å²) in [6.07, 6.45) is -0.187. The van der Waals surface area contributed by atoms with Crippen molar-refractivity contribution in [2.24, 2.45) is 0 Å². The van der Waals surface area contributed by atoms with Crippen molar-refractivity contribution in [2.45, 2.75) is 18.9 Å². The van der Waals surface area contributed by atoms with Crippen molar-refractivity contribution in [3.63, 3.8) is 0 Å². The molecule has 0 fully saturated rings. The monoisotopic (exact) mass is 309 g/mol. The second-order valence-electron chi connectivity index (χ2n) is 4.46. The Balaban J connectivity index is 2.27. The Hall–Kier alpha value is -2.21. The molecule has 6 nitrogen and oxygen atoms in total. The summed E-state index contributed by atoms with van der Waals surface area (Å²) in [4.78, 5) is 48.0. The molecule has 21 heavy (non-hydrogen) atoms. The number of carbonyl (C=O) groups excluding carboxylic acids is 4. The van der Waals surface area contributed by atoms with E-state index in [1.54, 1.807) is 12.1 Å². The van der Waals surface area contributed by atoms with E-state index in [-0.39, 0.29) is 24.0 Å².